The Bertz CT molecular complexity index is 1510. The first-order chi connectivity index (χ1) is 20.0. The van der Waals surface area contributed by atoms with Crippen LogP contribution in [0.4, 0.5) is 10.3 Å². The lowest BCUT2D eigenvalue weighted by Gasteiger charge is -2.27. The molecule has 5 N–H and O–H groups in total. The van der Waals surface area contributed by atoms with Crippen LogP contribution in [0.2, 0.25) is 0 Å². The van der Waals surface area contributed by atoms with Crippen LogP contribution in [-0.2, 0) is 23.4 Å². The van der Waals surface area contributed by atoms with Crippen molar-refractivity contribution in [2.75, 3.05) is 12.3 Å². The van der Waals surface area contributed by atoms with Crippen molar-refractivity contribution in [2.45, 2.75) is 82.2 Å². The second-order valence-electron chi connectivity index (χ2n) is 10.6. The molecule has 2 aromatic heterocycles. The van der Waals surface area contributed by atoms with Gasteiger partial charge in [0, 0.05) is 0 Å². The van der Waals surface area contributed by atoms with Crippen molar-refractivity contribution in [2.24, 2.45) is 0 Å². The molecule has 3 heterocycles. The van der Waals surface area contributed by atoms with Crippen LogP contribution in [0.15, 0.2) is 41.5 Å². The van der Waals surface area contributed by atoms with Gasteiger partial charge in [-0.3, -0.25) is 23.7 Å². The number of carbonyl (C=O) groups excluding carboxylic acids is 1. The van der Waals surface area contributed by atoms with Crippen molar-refractivity contribution in [3.8, 4) is 5.75 Å². The number of anilines is 1. The molecule has 1 saturated heterocycles. The molecular weight excluding hydrogens is 574 g/mol. The molecule has 2 aliphatic rings. The summed E-state index contributed by atoms with van der Waals surface area (Å²) in [5.74, 6) is -0.653. The number of para-hydroxylation sites is 1. The van der Waals surface area contributed by atoms with Crippen molar-refractivity contribution >= 4 is 30.8 Å². The van der Waals surface area contributed by atoms with Crippen LogP contribution in [0, 0.1) is 0 Å². The van der Waals surface area contributed by atoms with E-state index in [1.807, 2.05) is 0 Å². The molecule has 228 valence electrons. The lowest BCUT2D eigenvalue weighted by atomic mass is 9.98. The number of aliphatic hydroxyl groups is 1. The molecule has 3 aromatic rings. The number of ether oxygens (including phenoxy) is 2. The maximum atomic E-state index is 15.9. The number of fused-ring (bicyclic) bond motifs is 1. The minimum atomic E-state index is -4.32. The van der Waals surface area contributed by atoms with Gasteiger partial charge in [0.1, 0.15) is 30.1 Å². The Labute approximate surface area is 240 Å². The Morgan fingerprint density at radius 1 is 1.33 bits per heavy atom. The molecule has 0 spiro atoms. The van der Waals surface area contributed by atoms with Gasteiger partial charge < -0.3 is 24.8 Å². The van der Waals surface area contributed by atoms with Gasteiger partial charge in [0.25, 0.3) is 5.56 Å². The fourth-order valence-corrected chi connectivity index (χ4v) is 6.59. The standard InChI is InChI=1S/C26H34FN6O8P/c1-15(23(36)39-16-9-5-3-6-10-16)32-42(37,41-17-11-7-4-8-12-17)38-13-18-20(34)26(2,27)24(40-18)33-14-29-19-21(33)30-25(28)31-22(19)35/h4,7-8,11-12,14-16,18,20,24,34H,3,5-6,9-10,13H2,1-2H3,(H,32,37)(H3,28,30,31,35)/t15-,18+,20+,24+,26+,42?/m0/s1. The van der Waals surface area contributed by atoms with E-state index in [0.29, 0.717) is 0 Å². The number of alkyl halides is 1. The average Bonchev–Trinajstić information content (AvgIpc) is 3.46. The summed E-state index contributed by atoms with van der Waals surface area (Å²) >= 11 is 0. The van der Waals surface area contributed by atoms with Crippen LogP contribution in [0.25, 0.3) is 11.2 Å². The zero-order chi connectivity index (χ0) is 30.1. The van der Waals surface area contributed by atoms with Gasteiger partial charge in [-0.1, -0.05) is 24.6 Å². The summed E-state index contributed by atoms with van der Waals surface area (Å²) in [5, 5.41) is 13.4. The number of aromatic amines is 1. The third-order valence-corrected chi connectivity index (χ3v) is 8.98. The van der Waals surface area contributed by atoms with Crippen LogP contribution >= 0.6 is 7.75 Å². The van der Waals surface area contributed by atoms with Gasteiger partial charge in [0.05, 0.1) is 12.9 Å². The summed E-state index contributed by atoms with van der Waals surface area (Å²) < 4.78 is 53.6. The monoisotopic (exact) mass is 608 g/mol. The second-order valence-corrected chi connectivity index (χ2v) is 12.3. The van der Waals surface area contributed by atoms with Crippen LogP contribution in [0.5, 0.6) is 5.75 Å². The molecule has 0 bridgehead atoms. The number of rotatable bonds is 10. The van der Waals surface area contributed by atoms with E-state index in [-0.39, 0.29) is 29.0 Å². The van der Waals surface area contributed by atoms with Crippen molar-refractivity contribution in [1.29, 1.82) is 0 Å². The molecule has 16 heteroatoms. The zero-order valence-electron chi connectivity index (χ0n) is 23.1. The number of hydrogen-bond donors (Lipinski definition) is 4. The predicted molar refractivity (Wildman–Crippen MR) is 148 cm³/mol. The number of carbonyl (C=O) groups is 1. The highest BCUT2D eigenvalue weighted by molar-refractivity contribution is 7.52. The molecule has 1 unspecified atom stereocenters. The minimum absolute atomic E-state index is 0.0519. The second kappa shape index (κ2) is 12.1. The Kier molecular flexibility index (Phi) is 8.67. The molecule has 2 fully saturated rings. The fraction of sp³-hybridized carbons (Fsp3) is 0.538. The first kappa shape index (κ1) is 30.1. The van der Waals surface area contributed by atoms with Crippen LogP contribution < -0.4 is 20.9 Å². The molecule has 0 radical (unpaired) electrons. The molecule has 6 atom stereocenters. The average molecular weight is 609 g/mol. The number of nitrogens with one attached hydrogen (secondary N) is 2. The number of benzene rings is 1. The summed E-state index contributed by atoms with van der Waals surface area (Å²) in [6.45, 7) is 1.98. The predicted octanol–water partition coefficient (Wildman–Crippen LogP) is 2.75. The Balaban J connectivity index is 1.32. The maximum Gasteiger partial charge on any atom is 0.459 e. The highest BCUT2D eigenvalue weighted by Gasteiger charge is 2.56. The summed E-state index contributed by atoms with van der Waals surface area (Å²) in [6, 6.07) is 7.06. The van der Waals surface area contributed by atoms with E-state index in [0.717, 1.165) is 49.9 Å². The zero-order valence-corrected chi connectivity index (χ0v) is 24.0. The number of halogens is 1. The van der Waals surface area contributed by atoms with E-state index in [2.05, 4.69) is 20.0 Å². The normalized spacial score (nSPS) is 27.0. The molecule has 0 amide bonds. The third kappa shape index (κ3) is 6.35. The summed E-state index contributed by atoms with van der Waals surface area (Å²) in [5.41, 5.74) is 2.45. The van der Waals surface area contributed by atoms with E-state index in [9.17, 15) is 19.3 Å². The first-order valence-electron chi connectivity index (χ1n) is 13.7. The topological polar surface area (TPSA) is 193 Å². The van der Waals surface area contributed by atoms with Crippen molar-refractivity contribution in [3.05, 3.63) is 47.0 Å². The van der Waals surface area contributed by atoms with Gasteiger partial charge in [-0.15, -0.1) is 0 Å². The lowest BCUT2D eigenvalue weighted by Crippen LogP contribution is -2.41. The lowest BCUT2D eigenvalue weighted by molar-refractivity contribution is -0.152. The van der Waals surface area contributed by atoms with E-state index in [1.54, 1.807) is 30.3 Å². The number of nitrogens with zero attached hydrogens (tertiary/aromatic N) is 3. The number of esters is 1. The van der Waals surface area contributed by atoms with Gasteiger partial charge in [0.15, 0.2) is 23.1 Å². The summed E-state index contributed by atoms with van der Waals surface area (Å²) in [4.78, 5) is 35.3. The third-order valence-electron chi connectivity index (χ3n) is 7.34. The maximum absolute atomic E-state index is 15.9. The summed E-state index contributed by atoms with van der Waals surface area (Å²) in [7, 11) is -4.32. The minimum Gasteiger partial charge on any atom is -0.461 e. The quantitative estimate of drug-likeness (QED) is 0.195. The van der Waals surface area contributed by atoms with E-state index in [1.165, 1.54) is 6.92 Å². The van der Waals surface area contributed by atoms with Crippen molar-refractivity contribution in [1.82, 2.24) is 24.6 Å². The molecule has 1 aliphatic carbocycles. The molecule has 1 saturated carbocycles. The number of hydrogen-bond acceptors (Lipinski definition) is 11. The summed E-state index contributed by atoms with van der Waals surface area (Å²) in [6.07, 6.45) is 0.860. The SMILES string of the molecule is C[C@H](NP(=O)(OC[C@H]1O[C@@H](n2cnc3c(=O)[nH]c(N)nc32)[C@](C)(F)[C@@H]1O)Oc1ccccc1)C(=O)OC1CCCCC1. The van der Waals surface area contributed by atoms with Crippen molar-refractivity contribution in [3.63, 3.8) is 0 Å². The van der Waals surface area contributed by atoms with Crippen LogP contribution in [0.1, 0.15) is 52.2 Å². The van der Waals surface area contributed by atoms with Gasteiger partial charge in [-0.2, -0.15) is 10.1 Å². The number of aromatic nitrogens is 4. The Morgan fingerprint density at radius 2 is 2.05 bits per heavy atom. The van der Waals surface area contributed by atoms with E-state index >= 15 is 4.39 Å². The fourth-order valence-electron chi connectivity index (χ4n) is 5.09. The molecule has 5 rings (SSSR count). The largest absolute Gasteiger partial charge is 0.461 e. The van der Waals surface area contributed by atoms with Gasteiger partial charge in [-0.05, 0) is 51.7 Å². The van der Waals surface area contributed by atoms with E-state index < -0.39 is 56.0 Å². The van der Waals surface area contributed by atoms with Gasteiger partial charge >= 0.3 is 13.7 Å². The smallest absolute Gasteiger partial charge is 0.459 e. The number of imidazole rings is 1. The molecule has 14 nitrogen and oxygen atoms in total. The molecular formula is C26H34FN6O8P. The highest BCUT2D eigenvalue weighted by atomic mass is 31.2. The number of H-pyrrole nitrogens is 1. The van der Waals surface area contributed by atoms with E-state index in [4.69, 9.17) is 24.3 Å². The Hall–Kier alpha value is -3.36. The van der Waals surface area contributed by atoms with Gasteiger partial charge in [0.2, 0.25) is 5.95 Å². The number of nitrogens with two attached hydrogens (primary N) is 1. The highest BCUT2D eigenvalue weighted by Crippen LogP contribution is 2.48. The molecule has 1 aliphatic heterocycles. The van der Waals surface area contributed by atoms with Crippen molar-refractivity contribution < 1.29 is 37.4 Å². The number of aliphatic hydroxyl groups excluding tert-OH is 1. The molecule has 1 aromatic carbocycles. The van der Waals surface area contributed by atoms with Gasteiger partial charge in [-0.25, -0.2) is 13.9 Å². The molecule has 42 heavy (non-hydrogen) atoms. The first-order valence-corrected chi connectivity index (χ1v) is 15.2. The Morgan fingerprint density at radius 3 is 2.76 bits per heavy atom. The van der Waals surface area contributed by atoms with Crippen LogP contribution in [-0.4, -0.2) is 67.2 Å². The van der Waals surface area contributed by atoms with Crippen LogP contribution in [0.3, 0.4) is 0 Å². The number of nitrogen functional groups attached to an aromatic ring is 1.